The van der Waals surface area contributed by atoms with E-state index < -0.39 is 52.1 Å². The van der Waals surface area contributed by atoms with Gasteiger partial charge in [0.15, 0.2) is 0 Å². The Kier molecular flexibility index (Phi) is 9.01. The van der Waals surface area contributed by atoms with Crippen LogP contribution in [0.5, 0.6) is 5.75 Å². The van der Waals surface area contributed by atoms with Crippen LogP contribution in [0.2, 0.25) is 0 Å². The fraction of sp³-hybridized carbons (Fsp3) is 0.429. The van der Waals surface area contributed by atoms with Crippen molar-refractivity contribution in [1.29, 1.82) is 0 Å². The van der Waals surface area contributed by atoms with E-state index >= 15 is 0 Å². The number of hydrogen-bond donors (Lipinski definition) is 6. The second kappa shape index (κ2) is 12.1. The molecule has 1 heterocycles. The third-order valence-electron chi connectivity index (χ3n) is 7.26. The molecule has 0 aromatic heterocycles. The second-order valence-corrected chi connectivity index (χ2v) is 13.8. The highest BCUT2D eigenvalue weighted by Crippen LogP contribution is 2.39. The normalized spacial score (nSPS) is 26.8. The lowest BCUT2D eigenvalue weighted by atomic mass is 9.78. The summed E-state index contributed by atoms with van der Waals surface area (Å²) in [6, 6.07) is 10.7. The standard InChI is InChI=1S/C28H34N4O6S2/c1-27(2)22(25(36)37)32-23(34)20(12-16-6-4-3-5-7-16)30-24(35)21(15-39-40-27)31-26(38)28(29)11-10-17-13-19(33)9-8-18(17)14-28/h3-9,13,20-22,33H,10-12,14-15,29H2,1-2H3,(H,30,35)(H,31,38)(H,32,34)(H,36,37)/t20-,21-,22+,28+/m0/s1. The van der Waals surface area contributed by atoms with E-state index in [4.69, 9.17) is 5.73 Å². The topological polar surface area (TPSA) is 171 Å². The SMILES string of the molecule is CC1(C)SSC[C@H](NC(=O)[C@@]2(N)CCc3cc(O)ccc3C2)C(=O)N[C@@H](Cc2ccccc2)C(=O)N[C@@H]1C(=O)O. The Balaban J connectivity index is 1.58. The molecule has 1 saturated heterocycles. The first-order valence-electron chi connectivity index (χ1n) is 13.0. The second-order valence-electron chi connectivity index (χ2n) is 10.8. The highest BCUT2D eigenvalue weighted by Gasteiger charge is 2.42. The number of phenols is 1. The van der Waals surface area contributed by atoms with Crippen LogP contribution in [0.1, 0.15) is 37.0 Å². The number of aliphatic carboxylic acids is 1. The Morgan fingerprint density at radius 2 is 1.80 bits per heavy atom. The van der Waals surface area contributed by atoms with E-state index in [0.29, 0.717) is 12.8 Å². The summed E-state index contributed by atoms with van der Waals surface area (Å²) >= 11 is 0. The molecule has 0 unspecified atom stereocenters. The lowest BCUT2D eigenvalue weighted by molar-refractivity contribution is -0.143. The van der Waals surface area contributed by atoms with Gasteiger partial charge in [-0.15, -0.1) is 0 Å². The highest BCUT2D eigenvalue weighted by atomic mass is 33.1. The Bertz CT molecular complexity index is 1290. The number of carbonyl (C=O) groups is 4. The molecule has 1 fully saturated rings. The molecular weight excluding hydrogens is 552 g/mol. The molecule has 40 heavy (non-hydrogen) atoms. The summed E-state index contributed by atoms with van der Waals surface area (Å²) in [7, 11) is 2.47. The number of phenolic OH excluding ortho intramolecular Hbond substituents is 1. The van der Waals surface area contributed by atoms with Gasteiger partial charge in [-0.05, 0) is 61.9 Å². The number of aromatic hydroxyl groups is 1. The Morgan fingerprint density at radius 1 is 1.07 bits per heavy atom. The molecule has 2 aliphatic rings. The first kappa shape index (κ1) is 29.8. The molecule has 10 nitrogen and oxygen atoms in total. The van der Waals surface area contributed by atoms with Crippen molar-refractivity contribution in [2.75, 3.05) is 5.75 Å². The van der Waals surface area contributed by atoms with Crippen molar-refractivity contribution in [1.82, 2.24) is 16.0 Å². The zero-order valence-electron chi connectivity index (χ0n) is 22.3. The quantitative estimate of drug-likeness (QED) is 0.284. The maximum atomic E-state index is 13.5. The number of carboxylic acids is 1. The van der Waals surface area contributed by atoms with Gasteiger partial charge in [0, 0.05) is 12.2 Å². The van der Waals surface area contributed by atoms with Gasteiger partial charge < -0.3 is 31.9 Å². The number of nitrogens with two attached hydrogens (primary N) is 1. The van der Waals surface area contributed by atoms with Crippen molar-refractivity contribution in [3.8, 4) is 5.75 Å². The molecule has 3 amide bonds. The number of carbonyl (C=O) groups excluding carboxylic acids is 3. The number of carboxylic acid groups (broad SMARTS) is 1. The predicted molar refractivity (Wildman–Crippen MR) is 155 cm³/mol. The largest absolute Gasteiger partial charge is 0.508 e. The van der Waals surface area contributed by atoms with Crippen LogP contribution in [0, 0.1) is 0 Å². The Labute approximate surface area is 240 Å². The molecule has 0 bridgehead atoms. The fourth-order valence-corrected chi connectivity index (χ4v) is 7.70. The van der Waals surface area contributed by atoms with Crippen molar-refractivity contribution in [2.24, 2.45) is 5.73 Å². The average Bonchev–Trinajstić information content (AvgIpc) is 2.91. The number of benzene rings is 2. The van der Waals surface area contributed by atoms with Crippen LogP contribution in [-0.4, -0.2) is 68.1 Å². The van der Waals surface area contributed by atoms with Crippen LogP contribution in [0.25, 0.3) is 0 Å². The van der Waals surface area contributed by atoms with Crippen LogP contribution in [-0.2, 0) is 38.4 Å². The molecule has 2 aromatic rings. The van der Waals surface area contributed by atoms with Crippen LogP contribution >= 0.6 is 21.6 Å². The average molecular weight is 587 g/mol. The molecular formula is C28H34N4O6S2. The molecule has 0 spiro atoms. The van der Waals surface area contributed by atoms with Gasteiger partial charge in [-0.1, -0.05) is 58.0 Å². The van der Waals surface area contributed by atoms with Crippen molar-refractivity contribution >= 4 is 45.3 Å². The monoisotopic (exact) mass is 586 g/mol. The van der Waals surface area contributed by atoms with Crippen molar-refractivity contribution in [3.63, 3.8) is 0 Å². The number of amides is 3. The highest BCUT2D eigenvalue weighted by molar-refractivity contribution is 8.77. The van der Waals surface area contributed by atoms with Crippen LogP contribution in [0.4, 0.5) is 0 Å². The van der Waals surface area contributed by atoms with Crippen molar-refractivity contribution in [2.45, 2.75) is 67.9 Å². The van der Waals surface area contributed by atoms with E-state index in [0.717, 1.165) is 16.7 Å². The summed E-state index contributed by atoms with van der Waals surface area (Å²) in [6.45, 7) is 3.42. The molecule has 1 aliphatic heterocycles. The van der Waals surface area contributed by atoms with Crippen LogP contribution < -0.4 is 21.7 Å². The van der Waals surface area contributed by atoms with Gasteiger partial charge in [-0.25, -0.2) is 4.79 Å². The Morgan fingerprint density at radius 3 is 2.50 bits per heavy atom. The number of rotatable bonds is 5. The minimum Gasteiger partial charge on any atom is -0.508 e. The smallest absolute Gasteiger partial charge is 0.327 e. The summed E-state index contributed by atoms with van der Waals surface area (Å²) in [6.07, 6.45) is 1.21. The molecule has 0 saturated carbocycles. The molecule has 12 heteroatoms. The third kappa shape index (κ3) is 6.91. The molecule has 1 aliphatic carbocycles. The zero-order valence-corrected chi connectivity index (χ0v) is 23.9. The summed E-state index contributed by atoms with van der Waals surface area (Å²) in [4.78, 5) is 52.5. The zero-order chi connectivity index (χ0) is 29.1. The molecule has 4 rings (SSSR count). The molecule has 2 aromatic carbocycles. The lowest BCUT2D eigenvalue weighted by Crippen LogP contribution is -2.63. The lowest BCUT2D eigenvalue weighted by Gasteiger charge is -2.35. The van der Waals surface area contributed by atoms with Crippen LogP contribution in [0.3, 0.4) is 0 Å². The summed E-state index contributed by atoms with van der Waals surface area (Å²) < 4.78 is -0.931. The number of aryl methyl sites for hydroxylation is 1. The van der Waals surface area contributed by atoms with E-state index in [1.54, 1.807) is 32.0 Å². The molecule has 7 N–H and O–H groups in total. The van der Waals surface area contributed by atoms with E-state index in [1.807, 2.05) is 30.3 Å². The van der Waals surface area contributed by atoms with E-state index in [-0.39, 0.29) is 24.3 Å². The number of nitrogens with one attached hydrogen (secondary N) is 3. The van der Waals surface area contributed by atoms with Gasteiger partial charge in [-0.3, -0.25) is 14.4 Å². The van der Waals surface area contributed by atoms with Gasteiger partial charge >= 0.3 is 5.97 Å². The van der Waals surface area contributed by atoms with E-state index in [1.165, 1.54) is 21.6 Å². The van der Waals surface area contributed by atoms with Gasteiger partial charge in [0.25, 0.3) is 0 Å². The van der Waals surface area contributed by atoms with Gasteiger partial charge in [-0.2, -0.15) is 0 Å². The summed E-state index contributed by atoms with van der Waals surface area (Å²) in [5.41, 5.74) is 7.87. The minimum atomic E-state index is -1.26. The van der Waals surface area contributed by atoms with E-state index in [9.17, 15) is 29.4 Å². The van der Waals surface area contributed by atoms with Crippen molar-refractivity contribution < 1.29 is 29.4 Å². The van der Waals surface area contributed by atoms with Gasteiger partial charge in [0.1, 0.15) is 23.9 Å². The molecule has 214 valence electrons. The molecule has 4 atom stereocenters. The maximum absolute atomic E-state index is 13.5. The summed E-state index contributed by atoms with van der Waals surface area (Å²) in [5.74, 6) is -2.58. The summed E-state index contributed by atoms with van der Waals surface area (Å²) in [5, 5.41) is 27.8. The van der Waals surface area contributed by atoms with Crippen molar-refractivity contribution in [3.05, 3.63) is 65.2 Å². The number of hydrogen-bond acceptors (Lipinski definition) is 8. The molecule has 0 radical (unpaired) electrons. The first-order valence-corrected chi connectivity index (χ1v) is 15.3. The van der Waals surface area contributed by atoms with Gasteiger partial charge in [0.2, 0.25) is 17.7 Å². The fourth-order valence-electron chi connectivity index (χ4n) is 4.89. The predicted octanol–water partition coefficient (Wildman–Crippen LogP) is 1.53. The van der Waals surface area contributed by atoms with E-state index in [2.05, 4.69) is 16.0 Å². The van der Waals surface area contributed by atoms with Gasteiger partial charge in [0.05, 0.1) is 10.3 Å². The minimum absolute atomic E-state index is 0.130. The maximum Gasteiger partial charge on any atom is 0.327 e. The first-order chi connectivity index (χ1) is 18.9. The van der Waals surface area contributed by atoms with Crippen LogP contribution in [0.15, 0.2) is 48.5 Å². The number of fused-ring (bicyclic) bond motifs is 1. The Hall–Kier alpha value is -3.22. The third-order valence-corrected chi connectivity index (χ3v) is 10.6.